The van der Waals surface area contributed by atoms with Crippen molar-refractivity contribution < 1.29 is 28.2 Å². The summed E-state index contributed by atoms with van der Waals surface area (Å²) < 4.78 is 26.0. The molecule has 1 heterocycles. The molecule has 9 heteroatoms. The number of phenols is 1. The first-order valence-electron chi connectivity index (χ1n) is 6.52. The molecule has 0 saturated carbocycles. The van der Waals surface area contributed by atoms with Crippen LogP contribution < -0.4 is 0 Å². The number of carbonyl (C=O) groups excluding carboxylic acids is 1. The highest BCUT2D eigenvalue weighted by Gasteiger charge is 2.40. The van der Waals surface area contributed by atoms with E-state index in [-0.39, 0.29) is 36.2 Å². The molecule has 1 aliphatic rings. The van der Waals surface area contributed by atoms with Gasteiger partial charge in [-0.15, -0.1) is 0 Å². The molecule has 1 aromatic carbocycles. The van der Waals surface area contributed by atoms with E-state index in [1.807, 2.05) is 0 Å². The van der Waals surface area contributed by atoms with Crippen LogP contribution in [0.4, 0.5) is 0 Å². The van der Waals surface area contributed by atoms with Gasteiger partial charge < -0.3 is 15.1 Å². The third kappa shape index (κ3) is 3.04. The molecule has 1 aliphatic heterocycles. The number of aliphatic carboxylic acids is 1. The molecular formula is C13H16N2O6S. The lowest BCUT2D eigenvalue weighted by molar-refractivity contribution is -0.145. The number of carboxylic acids is 1. The van der Waals surface area contributed by atoms with Gasteiger partial charge >= 0.3 is 5.97 Å². The molecule has 1 atom stereocenters. The number of hydrogen-bond acceptors (Lipinski definition) is 5. The van der Waals surface area contributed by atoms with E-state index in [1.54, 1.807) is 0 Å². The summed E-state index contributed by atoms with van der Waals surface area (Å²) in [6.45, 7) is 1.15. The fourth-order valence-electron chi connectivity index (χ4n) is 2.29. The van der Waals surface area contributed by atoms with Crippen LogP contribution in [0.2, 0.25) is 0 Å². The molecule has 2 rings (SSSR count). The minimum atomic E-state index is -4.02. The molecule has 1 fully saturated rings. The fraction of sp³-hybridized carbons (Fsp3) is 0.385. The topological polar surface area (TPSA) is 115 Å². The third-order valence-electron chi connectivity index (χ3n) is 3.50. The Hall–Kier alpha value is -2.13. The maximum absolute atomic E-state index is 12.6. The van der Waals surface area contributed by atoms with Gasteiger partial charge in [0.25, 0.3) is 0 Å². The first-order valence-corrected chi connectivity index (χ1v) is 7.96. The van der Waals surface area contributed by atoms with E-state index in [4.69, 9.17) is 0 Å². The van der Waals surface area contributed by atoms with Gasteiger partial charge in [0, 0.05) is 26.6 Å². The number of nitrogens with zero attached hydrogens (tertiary/aromatic N) is 2. The second kappa shape index (κ2) is 5.93. The van der Waals surface area contributed by atoms with Crippen LogP contribution >= 0.6 is 0 Å². The molecule has 8 nitrogen and oxygen atoms in total. The van der Waals surface area contributed by atoms with Crippen molar-refractivity contribution in [2.75, 3.05) is 19.6 Å². The quantitative estimate of drug-likeness (QED) is 0.787. The zero-order valence-electron chi connectivity index (χ0n) is 11.8. The van der Waals surface area contributed by atoms with Gasteiger partial charge in [0.05, 0.1) is 4.90 Å². The zero-order valence-corrected chi connectivity index (χ0v) is 12.7. The Kier molecular flexibility index (Phi) is 4.38. The van der Waals surface area contributed by atoms with Crippen molar-refractivity contribution in [1.82, 2.24) is 9.21 Å². The monoisotopic (exact) mass is 328 g/mol. The number of sulfonamides is 1. The van der Waals surface area contributed by atoms with E-state index in [0.717, 1.165) is 4.31 Å². The Labute approximate surface area is 127 Å². The lowest BCUT2D eigenvalue weighted by Crippen LogP contribution is -2.58. The molecule has 0 spiro atoms. The molecular weight excluding hydrogens is 312 g/mol. The van der Waals surface area contributed by atoms with Gasteiger partial charge in [-0.3, -0.25) is 9.59 Å². The standard InChI is InChI=1S/C13H16N2O6S/c1-9(16)14-6-7-15(12(8-14)13(18)19)22(20,21)11-4-2-10(17)3-5-11/h2-5,12,17H,6-8H2,1H3,(H,18,19)/t12-/m1/s1. The fourth-order valence-corrected chi connectivity index (χ4v) is 3.86. The molecule has 0 radical (unpaired) electrons. The molecule has 1 saturated heterocycles. The number of carboxylic acid groups (broad SMARTS) is 1. The Balaban J connectivity index is 2.35. The van der Waals surface area contributed by atoms with E-state index < -0.39 is 22.0 Å². The molecule has 0 aromatic heterocycles. The molecule has 0 aliphatic carbocycles. The largest absolute Gasteiger partial charge is 0.508 e. The summed E-state index contributed by atoms with van der Waals surface area (Å²) >= 11 is 0. The van der Waals surface area contributed by atoms with Gasteiger partial charge in [-0.05, 0) is 24.3 Å². The van der Waals surface area contributed by atoms with Gasteiger partial charge in [-0.1, -0.05) is 0 Å². The number of hydrogen-bond donors (Lipinski definition) is 2. The molecule has 0 unspecified atom stereocenters. The molecule has 22 heavy (non-hydrogen) atoms. The van der Waals surface area contributed by atoms with Gasteiger partial charge in [0.1, 0.15) is 11.8 Å². The predicted molar refractivity (Wildman–Crippen MR) is 75.7 cm³/mol. The third-order valence-corrected chi connectivity index (χ3v) is 5.43. The summed E-state index contributed by atoms with van der Waals surface area (Å²) in [6, 6.07) is 3.52. The number of benzene rings is 1. The minimum Gasteiger partial charge on any atom is -0.508 e. The van der Waals surface area contributed by atoms with Crippen LogP contribution in [0.3, 0.4) is 0 Å². The number of rotatable bonds is 3. The Bertz CT molecular complexity index is 685. The number of aromatic hydroxyl groups is 1. The number of carbonyl (C=O) groups is 2. The van der Waals surface area contributed by atoms with Crippen LogP contribution in [0.15, 0.2) is 29.2 Å². The molecule has 1 amide bonds. The van der Waals surface area contributed by atoms with Crippen molar-refractivity contribution >= 4 is 21.9 Å². The average molecular weight is 328 g/mol. The summed E-state index contributed by atoms with van der Waals surface area (Å²) in [5, 5.41) is 18.5. The lowest BCUT2D eigenvalue weighted by atomic mass is 10.2. The zero-order chi connectivity index (χ0) is 16.5. The van der Waals surface area contributed by atoms with Crippen LogP contribution in [0.25, 0.3) is 0 Å². The summed E-state index contributed by atoms with van der Waals surface area (Å²) in [6.07, 6.45) is 0. The van der Waals surface area contributed by atoms with E-state index >= 15 is 0 Å². The van der Waals surface area contributed by atoms with E-state index in [9.17, 15) is 28.2 Å². The van der Waals surface area contributed by atoms with Gasteiger partial charge in [-0.2, -0.15) is 4.31 Å². The Morgan fingerprint density at radius 3 is 2.27 bits per heavy atom. The second-order valence-corrected chi connectivity index (χ2v) is 6.82. The lowest BCUT2D eigenvalue weighted by Gasteiger charge is -2.37. The molecule has 120 valence electrons. The maximum atomic E-state index is 12.6. The molecule has 1 aromatic rings. The van der Waals surface area contributed by atoms with Crippen molar-refractivity contribution in [2.45, 2.75) is 17.9 Å². The first-order chi connectivity index (χ1) is 10.2. The Morgan fingerprint density at radius 1 is 1.18 bits per heavy atom. The van der Waals surface area contributed by atoms with E-state index in [2.05, 4.69) is 0 Å². The number of amides is 1. The highest BCUT2D eigenvalue weighted by Crippen LogP contribution is 2.23. The average Bonchev–Trinajstić information content (AvgIpc) is 2.46. The van der Waals surface area contributed by atoms with Crippen LogP contribution in [0.1, 0.15) is 6.92 Å². The predicted octanol–water partition coefficient (Wildman–Crippen LogP) is -0.302. The van der Waals surface area contributed by atoms with Gasteiger partial charge in [0.2, 0.25) is 15.9 Å². The summed E-state index contributed by atoms with van der Waals surface area (Å²) in [5.74, 6) is -1.70. The van der Waals surface area contributed by atoms with Crippen LogP contribution in [-0.2, 0) is 19.6 Å². The summed E-state index contributed by atoms with van der Waals surface area (Å²) in [5.41, 5.74) is 0. The summed E-state index contributed by atoms with van der Waals surface area (Å²) in [4.78, 5) is 24.0. The number of phenolic OH excluding ortho intramolecular Hbond substituents is 1. The molecule has 0 bridgehead atoms. The Morgan fingerprint density at radius 2 is 1.77 bits per heavy atom. The first kappa shape index (κ1) is 16.2. The van der Waals surface area contributed by atoms with Crippen molar-refractivity contribution in [2.24, 2.45) is 0 Å². The van der Waals surface area contributed by atoms with Crippen molar-refractivity contribution in [3.63, 3.8) is 0 Å². The highest BCUT2D eigenvalue weighted by molar-refractivity contribution is 7.89. The van der Waals surface area contributed by atoms with E-state index in [0.29, 0.717) is 0 Å². The smallest absolute Gasteiger partial charge is 0.323 e. The second-order valence-electron chi connectivity index (χ2n) is 4.93. The number of piperazine rings is 1. The highest BCUT2D eigenvalue weighted by atomic mass is 32.2. The molecule has 2 N–H and O–H groups in total. The summed E-state index contributed by atoms with van der Waals surface area (Å²) in [7, 11) is -4.02. The van der Waals surface area contributed by atoms with E-state index in [1.165, 1.54) is 36.1 Å². The van der Waals surface area contributed by atoms with Gasteiger partial charge in [0.15, 0.2) is 0 Å². The maximum Gasteiger partial charge on any atom is 0.323 e. The van der Waals surface area contributed by atoms with Crippen molar-refractivity contribution in [3.05, 3.63) is 24.3 Å². The van der Waals surface area contributed by atoms with Crippen molar-refractivity contribution in [3.8, 4) is 5.75 Å². The SMILES string of the molecule is CC(=O)N1CCN(S(=O)(=O)c2ccc(O)cc2)[C@@H](C(=O)O)C1. The van der Waals surface area contributed by atoms with Crippen LogP contribution in [0, 0.1) is 0 Å². The normalized spacial score (nSPS) is 19.9. The van der Waals surface area contributed by atoms with Crippen molar-refractivity contribution in [1.29, 1.82) is 0 Å². The van der Waals surface area contributed by atoms with Crippen LogP contribution in [-0.4, -0.2) is 65.4 Å². The van der Waals surface area contributed by atoms with Crippen LogP contribution in [0.5, 0.6) is 5.75 Å². The minimum absolute atomic E-state index is 0.0878. The van der Waals surface area contributed by atoms with Gasteiger partial charge in [-0.25, -0.2) is 8.42 Å².